The Bertz CT molecular complexity index is 513. The highest BCUT2D eigenvalue weighted by Crippen LogP contribution is 2.28. The molecule has 2 rings (SSSR count). The van der Waals surface area contributed by atoms with Crippen molar-refractivity contribution >= 4 is 11.4 Å². The Balaban J connectivity index is 2.53. The van der Waals surface area contributed by atoms with Crippen LogP contribution in [-0.2, 0) is 0 Å². The zero-order chi connectivity index (χ0) is 11.5. The summed E-state index contributed by atoms with van der Waals surface area (Å²) in [6, 6.07) is 5.39. The van der Waals surface area contributed by atoms with Gasteiger partial charge in [-0.25, -0.2) is 0 Å². The number of ether oxygens (including phenoxy) is 1. The number of hydrogen-bond acceptors (Lipinski definition) is 2. The Kier molecular flexibility index (Phi) is 2.60. The molecular weight excluding hydrogens is 200 g/mol. The average molecular weight is 212 g/mol. The van der Waals surface area contributed by atoms with Crippen LogP contribution in [0.2, 0.25) is 0 Å². The Morgan fingerprint density at radius 1 is 1.31 bits per heavy atom. The van der Waals surface area contributed by atoms with Gasteiger partial charge in [0.1, 0.15) is 11.6 Å². The quantitative estimate of drug-likeness (QED) is 0.555. The molecule has 0 radical (unpaired) electrons. The van der Waals surface area contributed by atoms with Crippen LogP contribution in [-0.4, -0.2) is 5.84 Å². The van der Waals surface area contributed by atoms with Gasteiger partial charge in [-0.2, -0.15) is 0 Å². The SMILES string of the molecule is C=C1/C=C\C=C/Oc2cc(C(=N)N)ccc21. The summed E-state index contributed by atoms with van der Waals surface area (Å²) >= 11 is 0. The molecule has 0 spiro atoms. The fourth-order valence-electron chi connectivity index (χ4n) is 1.47. The zero-order valence-corrected chi connectivity index (χ0v) is 8.73. The molecule has 80 valence electrons. The van der Waals surface area contributed by atoms with Gasteiger partial charge < -0.3 is 10.5 Å². The Morgan fingerprint density at radius 2 is 2.12 bits per heavy atom. The van der Waals surface area contributed by atoms with Crippen molar-refractivity contribution in [1.29, 1.82) is 5.41 Å². The molecule has 0 unspecified atom stereocenters. The smallest absolute Gasteiger partial charge is 0.135 e. The molecule has 1 aromatic rings. The van der Waals surface area contributed by atoms with Crippen LogP contribution in [0.3, 0.4) is 0 Å². The van der Waals surface area contributed by atoms with E-state index < -0.39 is 0 Å². The predicted octanol–water partition coefficient (Wildman–Crippen LogP) is 2.45. The summed E-state index contributed by atoms with van der Waals surface area (Å²) in [5.74, 6) is 0.692. The maximum atomic E-state index is 7.37. The summed E-state index contributed by atoms with van der Waals surface area (Å²) in [5, 5.41) is 7.37. The second-order valence-corrected chi connectivity index (χ2v) is 3.46. The van der Waals surface area contributed by atoms with Crippen molar-refractivity contribution < 1.29 is 4.74 Å². The molecule has 0 atom stereocenters. The Hall–Kier alpha value is -2.29. The van der Waals surface area contributed by atoms with Crippen LogP contribution in [0.15, 0.2) is 49.3 Å². The number of fused-ring (bicyclic) bond motifs is 1. The summed E-state index contributed by atoms with van der Waals surface area (Å²) in [5.41, 5.74) is 7.85. The molecule has 0 fully saturated rings. The highest BCUT2D eigenvalue weighted by Gasteiger charge is 2.08. The van der Waals surface area contributed by atoms with Gasteiger partial charge in [0.25, 0.3) is 0 Å². The first-order chi connectivity index (χ1) is 7.68. The van der Waals surface area contributed by atoms with Crippen LogP contribution < -0.4 is 10.5 Å². The maximum Gasteiger partial charge on any atom is 0.135 e. The van der Waals surface area contributed by atoms with E-state index in [-0.39, 0.29) is 5.84 Å². The summed E-state index contributed by atoms with van der Waals surface area (Å²) in [4.78, 5) is 0. The minimum Gasteiger partial charge on any atom is -0.464 e. The van der Waals surface area contributed by atoms with Crippen molar-refractivity contribution in [3.05, 3.63) is 60.4 Å². The van der Waals surface area contributed by atoms with E-state index >= 15 is 0 Å². The third-order valence-corrected chi connectivity index (χ3v) is 2.32. The summed E-state index contributed by atoms with van der Waals surface area (Å²) < 4.78 is 5.44. The van der Waals surface area contributed by atoms with E-state index in [1.165, 1.54) is 0 Å². The number of hydrogen-bond donors (Lipinski definition) is 2. The van der Waals surface area contributed by atoms with Gasteiger partial charge in [0.2, 0.25) is 0 Å². The monoisotopic (exact) mass is 212 g/mol. The molecule has 3 nitrogen and oxygen atoms in total. The number of allylic oxidation sites excluding steroid dienone is 4. The Morgan fingerprint density at radius 3 is 2.88 bits per heavy atom. The van der Waals surface area contributed by atoms with Gasteiger partial charge in [-0.3, -0.25) is 5.41 Å². The van der Waals surface area contributed by atoms with E-state index in [2.05, 4.69) is 6.58 Å². The van der Waals surface area contributed by atoms with E-state index in [1.807, 2.05) is 18.2 Å². The number of nitrogens with two attached hydrogens (primary N) is 1. The molecular formula is C13H12N2O. The first-order valence-corrected chi connectivity index (χ1v) is 4.86. The van der Waals surface area contributed by atoms with Crippen LogP contribution in [0.5, 0.6) is 5.75 Å². The van der Waals surface area contributed by atoms with Crippen molar-refractivity contribution in [2.75, 3.05) is 0 Å². The van der Waals surface area contributed by atoms with Crippen LogP contribution in [0.25, 0.3) is 5.57 Å². The van der Waals surface area contributed by atoms with Gasteiger partial charge in [-0.15, -0.1) is 0 Å². The minimum atomic E-state index is 0.0265. The van der Waals surface area contributed by atoms with Gasteiger partial charge in [0.05, 0.1) is 6.26 Å². The lowest BCUT2D eigenvalue weighted by atomic mass is 10.0. The second kappa shape index (κ2) is 4.06. The van der Waals surface area contributed by atoms with Gasteiger partial charge in [-0.1, -0.05) is 24.8 Å². The molecule has 0 amide bonds. The highest BCUT2D eigenvalue weighted by molar-refractivity contribution is 5.96. The molecule has 0 saturated heterocycles. The van der Waals surface area contributed by atoms with Crippen molar-refractivity contribution in [3.63, 3.8) is 0 Å². The molecule has 1 aliphatic heterocycles. The van der Waals surface area contributed by atoms with Gasteiger partial charge in [-0.05, 0) is 23.8 Å². The van der Waals surface area contributed by atoms with E-state index in [4.69, 9.17) is 15.9 Å². The van der Waals surface area contributed by atoms with E-state index in [0.29, 0.717) is 11.3 Å². The third kappa shape index (κ3) is 1.88. The average Bonchev–Trinajstić information content (AvgIpc) is 2.25. The van der Waals surface area contributed by atoms with Crippen molar-refractivity contribution in [2.45, 2.75) is 0 Å². The standard InChI is InChI=1S/C13H12N2O/c1-9-4-2-3-7-16-12-8-10(13(14)15)5-6-11(9)12/h2-8H,1H2,(H3,14,15)/b4-2-,7-3-. The number of rotatable bonds is 1. The maximum absolute atomic E-state index is 7.37. The van der Waals surface area contributed by atoms with Crippen molar-refractivity contribution in [2.24, 2.45) is 5.73 Å². The van der Waals surface area contributed by atoms with Crippen LogP contribution in [0.4, 0.5) is 0 Å². The summed E-state index contributed by atoms with van der Waals surface area (Å²) in [6.07, 6.45) is 7.15. The fourth-order valence-corrected chi connectivity index (χ4v) is 1.47. The molecule has 0 aromatic heterocycles. The largest absolute Gasteiger partial charge is 0.464 e. The lowest BCUT2D eigenvalue weighted by Gasteiger charge is -2.11. The number of amidine groups is 1. The van der Waals surface area contributed by atoms with E-state index in [9.17, 15) is 0 Å². The Labute approximate surface area is 94.1 Å². The van der Waals surface area contributed by atoms with Crippen molar-refractivity contribution in [1.82, 2.24) is 0 Å². The van der Waals surface area contributed by atoms with Gasteiger partial charge >= 0.3 is 0 Å². The van der Waals surface area contributed by atoms with Crippen LogP contribution >= 0.6 is 0 Å². The first-order valence-electron chi connectivity index (χ1n) is 4.86. The number of benzene rings is 1. The molecule has 1 heterocycles. The highest BCUT2D eigenvalue weighted by atomic mass is 16.5. The molecule has 0 bridgehead atoms. The fraction of sp³-hybridized carbons (Fsp3) is 0. The molecule has 1 aliphatic rings. The van der Waals surface area contributed by atoms with Crippen LogP contribution in [0, 0.1) is 5.41 Å². The number of nitrogen functional groups attached to an aromatic ring is 1. The predicted molar refractivity (Wildman–Crippen MR) is 65.4 cm³/mol. The van der Waals surface area contributed by atoms with Crippen molar-refractivity contribution in [3.8, 4) is 5.75 Å². The molecule has 0 saturated carbocycles. The van der Waals surface area contributed by atoms with E-state index in [0.717, 1.165) is 11.1 Å². The first kappa shape index (κ1) is 10.2. The topological polar surface area (TPSA) is 59.1 Å². The van der Waals surface area contributed by atoms with Gasteiger partial charge in [0, 0.05) is 11.1 Å². The minimum absolute atomic E-state index is 0.0265. The van der Waals surface area contributed by atoms with E-state index in [1.54, 1.807) is 24.5 Å². The normalized spacial score (nSPS) is 17.6. The summed E-state index contributed by atoms with van der Waals surface area (Å²) in [7, 11) is 0. The molecule has 3 heteroatoms. The molecule has 3 N–H and O–H groups in total. The molecule has 0 aliphatic carbocycles. The third-order valence-electron chi connectivity index (χ3n) is 2.32. The van der Waals surface area contributed by atoms with Crippen LogP contribution in [0.1, 0.15) is 11.1 Å². The number of nitrogens with one attached hydrogen (secondary N) is 1. The lowest BCUT2D eigenvalue weighted by Crippen LogP contribution is -2.11. The lowest BCUT2D eigenvalue weighted by molar-refractivity contribution is 0.479. The van der Waals surface area contributed by atoms with Gasteiger partial charge in [0.15, 0.2) is 0 Å². The second-order valence-electron chi connectivity index (χ2n) is 3.46. The zero-order valence-electron chi connectivity index (χ0n) is 8.73. The molecule has 16 heavy (non-hydrogen) atoms. The molecule has 1 aromatic carbocycles. The summed E-state index contributed by atoms with van der Waals surface area (Å²) in [6.45, 7) is 3.95.